The number of rotatable bonds is 5. The predicted molar refractivity (Wildman–Crippen MR) is 116 cm³/mol. The van der Waals surface area contributed by atoms with Gasteiger partial charge >= 0.3 is 0 Å². The Kier molecular flexibility index (Phi) is 6.92. The highest BCUT2D eigenvalue weighted by Crippen LogP contribution is 2.27. The highest BCUT2D eigenvalue weighted by molar-refractivity contribution is 6.02. The van der Waals surface area contributed by atoms with Gasteiger partial charge in [-0.3, -0.25) is 14.7 Å². The van der Waals surface area contributed by atoms with E-state index in [0.717, 1.165) is 50.9 Å². The van der Waals surface area contributed by atoms with Crippen LogP contribution in [0.5, 0.6) is 0 Å². The molecule has 0 atom stereocenters. The first kappa shape index (κ1) is 21.4. The third-order valence-electron chi connectivity index (χ3n) is 6.53. The highest BCUT2D eigenvalue weighted by Gasteiger charge is 2.32. The first-order valence-corrected chi connectivity index (χ1v) is 11.0. The van der Waals surface area contributed by atoms with Gasteiger partial charge in [-0.25, -0.2) is 4.39 Å². The quantitative estimate of drug-likeness (QED) is 0.453. The van der Waals surface area contributed by atoms with Crippen LogP contribution in [0.4, 0.5) is 4.39 Å². The number of carbonyl (C=O) groups is 1. The number of piperidine rings is 2. The molecule has 2 saturated heterocycles. The van der Waals surface area contributed by atoms with E-state index in [4.69, 9.17) is 0 Å². The lowest BCUT2D eigenvalue weighted by atomic mass is 9.87. The Labute approximate surface area is 182 Å². The van der Waals surface area contributed by atoms with Crippen molar-refractivity contribution < 1.29 is 14.4 Å². The Balaban J connectivity index is 1.26. The van der Waals surface area contributed by atoms with Crippen molar-refractivity contribution in [3.8, 4) is 0 Å². The van der Waals surface area contributed by atoms with E-state index in [1.807, 2.05) is 29.4 Å². The molecule has 1 N–H and O–H groups in total. The number of hydrogen-bond acceptors (Lipinski definition) is 5. The van der Waals surface area contributed by atoms with Crippen LogP contribution in [-0.2, 0) is 11.3 Å². The zero-order chi connectivity index (χ0) is 21.6. The van der Waals surface area contributed by atoms with E-state index < -0.39 is 0 Å². The number of oxime groups is 1. The fourth-order valence-corrected chi connectivity index (χ4v) is 4.71. The van der Waals surface area contributed by atoms with E-state index in [-0.39, 0.29) is 23.6 Å². The minimum atomic E-state index is -0.312. The molecule has 2 aliphatic rings. The van der Waals surface area contributed by atoms with Crippen LogP contribution in [0, 0.1) is 17.7 Å². The molecule has 0 aliphatic carbocycles. The summed E-state index contributed by atoms with van der Waals surface area (Å²) in [6.45, 7) is 4.10. The summed E-state index contributed by atoms with van der Waals surface area (Å²) < 4.78 is 13.2. The fraction of sp³-hybridized carbons (Fsp3) is 0.458. The zero-order valence-electron chi connectivity index (χ0n) is 17.7. The number of nitrogens with zero attached hydrogens (tertiary/aromatic N) is 4. The van der Waals surface area contributed by atoms with Gasteiger partial charge in [-0.2, -0.15) is 0 Å². The van der Waals surface area contributed by atoms with Gasteiger partial charge in [-0.1, -0.05) is 17.3 Å². The van der Waals surface area contributed by atoms with E-state index in [1.165, 1.54) is 17.7 Å². The Morgan fingerprint density at radius 2 is 1.58 bits per heavy atom. The maximum atomic E-state index is 13.2. The van der Waals surface area contributed by atoms with Crippen LogP contribution in [0.2, 0.25) is 0 Å². The zero-order valence-corrected chi connectivity index (χ0v) is 17.7. The summed E-state index contributed by atoms with van der Waals surface area (Å²) in [6, 6.07) is 10.1. The van der Waals surface area contributed by atoms with E-state index in [0.29, 0.717) is 18.8 Å². The third-order valence-corrected chi connectivity index (χ3v) is 6.53. The standard InChI is InChI=1S/C24H29FN4O2/c25-22-3-1-19(2-4-22)23(27-31)20-9-15-29(16-10-20)24(30)21-7-13-28(14-8-21)17-18-5-11-26-12-6-18/h1-6,11-12,20-21,31H,7-10,13-17H2/b27-23+. The topological polar surface area (TPSA) is 69.0 Å². The van der Waals surface area contributed by atoms with Crippen LogP contribution in [0.3, 0.4) is 0 Å². The smallest absolute Gasteiger partial charge is 0.225 e. The number of pyridine rings is 1. The van der Waals surface area contributed by atoms with Crippen LogP contribution in [0.25, 0.3) is 0 Å². The summed E-state index contributed by atoms with van der Waals surface area (Å²) in [7, 11) is 0. The summed E-state index contributed by atoms with van der Waals surface area (Å²) in [5.41, 5.74) is 2.57. The number of aromatic nitrogens is 1. The van der Waals surface area contributed by atoms with Gasteiger partial charge in [0.15, 0.2) is 0 Å². The van der Waals surface area contributed by atoms with Crippen LogP contribution < -0.4 is 0 Å². The molecule has 0 bridgehead atoms. The number of benzene rings is 1. The van der Waals surface area contributed by atoms with Gasteiger partial charge in [0.2, 0.25) is 5.91 Å². The summed E-state index contributed by atoms with van der Waals surface area (Å²) in [6.07, 6.45) is 6.93. The lowest BCUT2D eigenvalue weighted by Crippen LogP contribution is -2.46. The van der Waals surface area contributed by atoms with Crippen LogP contribution in [0.15, 0.2) is 53.9 Å². The molecule has 31 heavy (non-hydrogen) atoms. The minimum absolute atomic E-state index is 0.0710. The van der Waals surface area contributed by atoms with Gasteiger partial charge in [0.05, 0.1) is 5.71 Å². The fourth-order valence-electron chi connectivity index (χ4n) is 4.71. The van der Waals surface area contributed by atoms with E-state index in [9.17, 15) is 14.4 Å². The summed E-state index contributed by atoms with van der Waals surface area (Å²) in [4.78, 5) is 21.5. The molecule has 2 aromatic rings. The first-order chi connectivity index (χ1) is 15.1. The molecule has 2 fully saturated rings. The van der Waals surface area contributed by atoms with Crippen molar-refractivity contribution in [1.29, 1.82) is 0 Å². The number of hydrogen-bond donors (Lipinski definition) is 1. The molecule has 6 nitrogen and oxygen atoms in total. The Morgan fingerprint density at radius 1 is 0.968 bits per heavy atom. The molecule has 0 unspecified atom stereocenters. The van der Waals surface area contributed by atoms with Gasteiger partial charge in [0, 0.05) is 43.9 Å². The number of likely N-dealkylation sites (tertiary alicyclic amines) is 2. The van der Waals surface area contributed by atoms with Gasteiger partial charge in [0.25, 0.3) is 0 Å². The van der Waals surface area contributed by atoms with Crippen molar-refractivity contribution in [3.63, 3.8) is 0 Å². The normalized spacial score (nSPS) is 19.5. The largest absolute Gasteiger partial charge is 0.411 e. The number of carbonyl (C=O) groups excluding carboxylic acids is 1. The number of halogens is 1. The average Bonchev–Trinajstić information content (AvgIpc) is 2.82. The minimum Gasteiger partial charge on any atom is -0.411 e. The monoisotopic (exact) mass is 424 g/mol. The summed E-state index contributed by atoms with van der Waals surface area (Å²) in [5, 5.41) is 13.0. The van der Waals surface area contributed by atoms with E-state index >= 15 is 0 Å². The maximum Gasteiger partial charge on any atom is 0.225 e. The van der Waals surface area contributed by atoms with Crippen molar-refractivity contribution >= 4 is 11.6 Å². The second kappa shape index (κ2) is 10.0. The second-order valence-corrected chi connectivity index (χ2v) is 8.50. The van der Waals surface area contributed by atoms with Crippen molar-refractivity contribution in [2.75, 3.05) is 26.2 Å². The van der Waals surface area contributed by atoms with E-state index in [2.05, 4.69) is 15.0 Å². The highest BCUT2D eigenvalue weighted by atomic mass is 19.1. The molecule has 0 radical (unpaired) electrons. The molecule has 2 aliphatic heterocycles. The molecule has 7 heteroatoms. The molecular weight excluding hydrogens is 395 g/mol. The van der Waals surface area contributed by atoms with Crippen molar-refractivity contribution in [1.82, 2.24) is 14.8 Å². The molecule has 0 saturated carbocycles. The molecule has 3 heterocycles. The van der Waals surface area contributed by atoms with Gasteiger partial charge < -0.3 is 10.1 Å². The van der Waals surface area contributed by atoms with Crippen LogP contribution in [-0.4, -0.2) is 57.8 Å². The van der Waals surface area contributed by atoms with E-state index in [1.54, 1.807) is 12.1 Å². The Hall–Kier alpha value is -2.80. The number of amides is 1. The third kappa shape index (κ3) is 5.28. The van der Waals surface area contributed by atoms with Gasteiger partial charge in [0.1, 0.15) is 5.82 Å². The van der Waals surface area contributed by atoms with Crippen molar-refractivity contribution in [3.05, 3.63) is 65.7 Å². The maximum absolute atomic E-state index is 13.2. The molecule has 4 rings (SSSR count). The molecule has 1 aromatic heterocycles. The van der Waals surface area contributed by atoms with Crippen LogP contribution >= 0.6 is 0 Å². The van der Waals surface area contributed by atoms with Gasteiger partial charge in [-0.05, 0) is 74.2 Å². The first-order valence-electron chi connectivity index (χ1n) is 11.0. The average molecular weight is 425 g/mol. The van der Waals surface area contributed by atoms with Crippen molar-refractivity contribution in [2.24, 2.45) is 17.0 Å². The summed E-state index contributed by atoms with van der Waals surface area (Å²) in [5.74, 6) is 0.106. The molecule has 1 aromatic carbocycles. The van der Waals surface area contributed by atoms with Gasteiger partial charge in [-0.15, -0.1) is 0 Å². The predicted octanol–water partition coefficient (Wildman–Crippen LogP) is 3.55. The van der Waals surface area contributed by atoms with Crippen LogP contribution in [0.1, 0.15) is 36.8 Å². The second-order valence-electron chi connectivity index (χ2n) is 8.50. The molecule has 164 valence electrons. The lowest BCUT2D eigenvalue weighted by Gasteiger charge is -2.37. The molecule has 1 amide bonds. The lowest BCUT2D eigenvalue weighted by molar-refractivity contribution is -0.138. The molecular formula is C24H29FN4O2. The Bertz CT molecular complexity index is 888. The Morgan fingerprint density at radius 3 is 2.19 bits per heavy atom. The summed E-state index contributed by atoms with van der Waals surface area (Å²) >= 11 is 0. The van der Waals surface area contributed by atoms with Crippen molar-refractivity contribution in [2.45, 2.75) is 32.2 Å². The SMILES string of the molecule is O=C(C1CCN(Cc2ccncc2)CC1)N1CCC(/C(=N/O)c2ccc(F)cc2)CC1. The molecule has 0 spiro atoms.